The lowest BCUT2D eigenvalue weighted by Crippen LogP contribution is -2.39. The molecular formula is C20H21NO4. The Morgan fingerprint density at radius 1 is 0.960 bits per heavy atom. The quantitative estimate of drug-likeness (QED) is 0.851. The average molecular weight is 339 g/mol. The SMILES string of the molecule is Cc1ccc(C)c(OC[C@@H](O)CN2C(=O)c3ccccc3C2=O)c1C. The standard InChI is InChI=1S/C20H21NO4/c1-12-8-9-13(2)18(14(12)3)25-11-15(22)10-21-19(23)16-6-4-5-7-17(16)20(21)24/h4-9,15,22H,10-11H2,1-3H3/t15-/m0/s1. The maximum atomic E-state index is 12.3. The number of fused-ring (bicyclic) bond motifs is 1. The molecule has 0 aliphatic carbocycles. The van der Waals surface area contributed by atoms with Gasteiger partial charge in [0.05, 0.1) is 17.7 Å². The summed E-state index contributed by atoms with van der Waals surface area (Å²) in [6, 6.07) is 10.7. The summed E-state index contributed by atoms with van der Waals surface area (Å²) in [5.74, 6) is -0.00783. The normalized spacial score (nSPS) is 14.6. The summed E-state index contributed by atoms with van der Waals surface area (Å²) in [6.07, 6.45) is -0.957. The third kappa shape index (κ3) is 3.15. The minimum absolute atomic E-state index is 0.0124. The van der Waals surface area contributed by atoms with Crippen molar-refractivity contribution in [3.63, 3.8) is 0 Å². The van der Waals surface area contributed by atoms with Gasteiger partial charge in [-0.05, 0) is 49.6 Å². The summed E-state index contributed by atoms with van der Waals surface area (Å²) in [7, 11) is 0. The molecule has 1 heterocycles. The third-order valence-electron chi connectivity index (χ3n) is 4.57. The molecule has 2 aromatic rings. The van der Waals surface area contributed by atoms with Gasteiger partial charge in [-0.15, -0.1) is 0 Å². The number of aliphatic hydroxyl groups is 1. The Morgan fingerprint density at radius 2 is 1.52 bits per heavy atom. The van der Waals surface area contributed by atoms with Crippen LogP contribution in [0, 0.1) is 20.8 Å². The van der Waals surface area contributed by atoms with Crippen molar-refractivity contribution in [2.45, 2.75) is 26.9 Å². The fourth-order valence-corrected chi connectivity index (χ4v) is 3.00. The van der Waals surface area contributed by atoms with E-state index in [1.807, 2.05) is 32.9 Å². The number of rotatable bonds is 5. The van der Waals surface area contributed by atoms with Gasteiger partial charge in [-0.1, -0.05) is 24.3 Å². The van der Waals surface area contributed by atoms with Crippen LogP contribution in [0.4, 0.5) is 0 Å². The van der Waals surface area contributed by atoms with E-state index < -0.39 is 6.10 Å². The van der Waals surface area contributed by atoms with E-state index in [0.717, 1.165) is 27.3 Å². The van der Waals surface area contributed by atoms with Gasteiger partial charge in [-0.2, -0.15) is 0 Å². The predicted octanol–water partition coefficient (Wildman–Crippen LogP) is 2.65. The van der Waals surface area contributed by atoms with Gasteiger partial charge in [-0.25, -0.2) is 0 Å². The van der Waals surface area contributed by atoms with E-state index in [2.05, 4.69) is 0 Å². The van der Waals surface area contributed by atoms with Crippen LogP contribution in [-0.4, -0.2) is 41.1 Å². The number of amides is 2. The summed E-state index contributed by atoms with van der Waals surface area (Å²) in [5.41, 5.74) is 3.87. The van der Waals surface area contributed by atoms with Gasteiger partial charge in [0, 0.05) is 0 Å². The van der Waals surface area contributed by atoms with Crippen molar-refractivity contribution < 1.29 is 19.4 Å². The maximum absolute atomic E-state index is 12.3. The number of carbonyl (C=O) groups is 2. The molecule has 1 atom stereocenters. The van der Waals surface area contributed by atoms with Crippen LogP contribution in [0.3, 0.4) is 0 Å². The summed E-state index contributed by atoms with van der Waals surface area (Å²) < 4.78 is 5.77. The zero-order valence-corrected chi connectivity index (χ0v) is 14.6. The van der Waals surface area contributed by atoms with Crippen LogP contribution in [0.15, 0.2) is 36.4 Å². The maximum Gasteiger partial charge on any atom is 0.261 e. The van der Waals surface area contributed by atoms with Crippen LogP contribution in [0.5, 0.6) is 5.75 Å². The molecule has 0 unspecified atom stereocenters. The van der Waals surface area contributed by atoms with E-state index in [9.17, 15) is 14.7 Å². The first kappa shape index (κ1) is 17.2. The summed E-state index contributed by atoms with van der Waals surface area (Å²) >= 11 is 0. The molecule has 1 N–H and O–H groups in total. The monoisotopic (exact) mass is 339 g/mol. The Balaban J connectivity index is 1.67. The summed E-state index contributed by atoms with van der Waals surface area (Å²) in [6.45, 7) is 5.83. The molecule has 0 aromatic heterocycles. The van der Waals surface area contributed by atoms with Gasteiger partial charge < -0.3 is 9.84 Å². The minimum Gasteiger partial charge on any atom is -0.490 e. The number of β-amino-alcohol motifs (C(OH)–C–C–N with tert-alkyl or cyclic N) is 1. The number of benzene rings is 2. The molecular weight excluding hydrogens is 318 g/mol. The van der Waals surface area contributed by atoms with Crippen LogP contribution >= 0.6 is 0 Å². The number of aliphatic hydroxyl groups excluding tert-OH is 1. The van der Waals surface area contributed by atoms with E-state index in [4.69, 9.17) is 4.74 Å². The van der Waals surface area contributed by atoms with E-state index in [1.165, 1.54) is 0 Å². The molecule has 1 aliphatic rings. The van der Waals surface area contributed by atoms with Gasteiger partial charge in [0.15, 0.2) is 0 Å². The molecule has 130 valence electrons. The largest absolute Gasteiger partial charge is 0.490 e. The molecule has 2 aromatic carbocycles. The molecule has 5 nitrogen and oxygen atoms in total. The molecule has 1 aliphatic heterocycles. The van der Waals surface area contributed by atoms with Crippen molar-refractivity contribution in [2.24, 2.45) is 0 Å². The number of hydrogen-bond acceptors (Lipinski definition) is 4. The second kappa shape index (κ2) is 6.69. The lowest BCUT2D eigenvalue weighted by atomic mass is 10.1. The van der Waals surface area contributed by atoms with Crippen molar-refractivity contribution in [1.82, 2.24) is 4.90 Å². The average Bonchev–Trinajstić information content (AvgIpc) is 2.84. The molecule has 25 heavy (non-hydrogen) atoms. The molecule has 3 rings (SSSR count). The molecule has 5 heteroatoms. The van der Waals surface area contributed by atoms with Gasteiger partial charge in [0.2, 0.25) is 0 Å². The number of carbonyl (C=O) groups excluding carboxylic acids is 2. The molecule has 0 radical (unpaired) electrons. The van der Waals surface area contributed by atoms with E-state index >= 15 is 0 Å². The zero-order valence-electron chi connectivity index (χ0n) is 14.6. The number of ether oxygens (including phenoxy) is 1. The van der Waals surface area contributed by atoms with Gasteiger partial charge in [0.25, 0.3) is 11.8 Å². The molecule has 0 spiro atoms. The van der Waals surface area contributed by atoms with E-state index in [-0.39, 0.29) is 25.0 Å². The highest BCUT2D eigenvalue weighted by atomic mass is 16.5. The van der Waals surface area contributed by atoms with Crippen LogP contribution in [0.1, 0.15) is 37.4 Å². The first-order chi connectivity index (χ1) is 11.9. The van der Waals surface area contributed by atoms with Crippen molar-refractivity contribution in [1.29, 1.82) is 0 Å². The molecule has 2 amide bonds. The fraction of sp³-hybridized carbons (Fsp3) is 0.300. The Morgan fingerprint density at radius 3 is 2.12 bits per heavy atom. The van der Waals surface area contributed by atoms with Crippen LogP contribution < -0.4 is 4.74 Å². The number of nitrogens with zero attached hydrogens (tertiary/aromatic N) is 1. The van der Waals surface area contributed by atoms with Gasteiger partial charge >= 0.3 is 0 Å². The van der Waals surface area contributed by atoms with Crippen molar-refractivity contribution in [3.05, 3.63) is 64.2 Å². The van der Waals surface area contributed by atoms with Crippen molar-refractivity contribution in [3.8, 4) is 5.75 Å². The van der Waals surface area contributed by atoms with E-state index in [0.29, 0.717) is 11.1 Å². The Hall–Kier alpha value is -2.66. The fourth-order valence-electron chi connectivity index (χ4n) is 3.00. The van der Waals surface area contributed by atoms with Crippen LogP contribution in [-0.2, 0) is 0 Å². The Kier molecular flexibility index (Phi) is 4.59. The lowest BCUT2D eigenvalue weighted by Gasteiger charge is -2.20. The van der Waals surface area contributed by atoms with E-state index in [1.54, 1.807) is 24.3 Å². The third-order valence-corrected chi connectivity index (χ3v) is 4.57. The number of imide groups is 1. The number of aryl methyl sites for hydroxylation is 2. The molecule has 0 saturated heterocycles. The number of hydrogen-bond donors (Lipinski definition) is 1. The lowest BCUT2D eigenvalue weighted by molar-refractivity contribution is 0.0455. The van der Waals surface area contributed by atoms with Crippen molar-refractivity contribution in [2.75, 3.05) is 13.2 Å². The summed E-state index contributed by atoms with van der Waals surface area (Å²) in [5, 5.41) is 10.3. The topological polar surface area (TPSA) is 66.8 Å². The minimum atomic E-state index is -0.957. The van der Waals surface area contributed by atoms with Crippen LogP contribution in [0.2, 0.25) is 0 Å². The zero-order chi connectivity index (χ0) is 18.1. The molecule has 0 saturated carbocycles. The van der Waals surface area contributed by atoms with Crippen molar-refractivity contribution >= 4 is 11.8 Å². The Bertz CT molecular complexity index is 809. The highest BCUT2D eigenvalue weighted by Gasteiger charge is 2.36. The second-order valence-corrected chi connectivity index (χ2v) is 6.38. The first-order valence-corrected chi connectivity index (χ1v) is 8.23. The van der Waals surface area contributed by atoms with Gasteiger partial charge in [-0.3, -0.25) is 14.5 Å². The molecule has 0 fully saturated rings. The Labute approximate surface area is 146 Å². The smallest absolute Gasteiger partial charge is 0.261 e. The second-order valence-electron chi connectivity index (χ2n) is 6.38. The molecule has 0 bridgehead atoms. The summed E-state index contributed by atoms with van der Waals surface area (Å²) in [4.78, 5) is 25.7. The first-order valence-electron chi connectivity index (χ1n) is 8.23. The highest BCUT2D eigenvalue weighted by molar-refractivity contribution is 6.21. The van der Waals surface area contributed by atoms with Crippen LogP contribution in [0.25, 0.3) is 0 Å². The highest BCUT2D eigenvalue weighted by Crippen LogP contribution is 2.26. The van der Waals surface area contributed by atoms with Gasteiger partial charge in [0.1, 0.15) is 18.5 Å². The predicted molar refractivity (Wildman–Crippen MR) is 94.0 cm³/mol.